The van der Waals surface area contributed by atoms with Gasteiger partial charge in [-0.15, -0.1) is 30.3 Å². The van der Waals surface area contributed by atoms with Crippen LogP contribution in [0.15, 0.2) is 126 Å². The van der Waals surface area contributed by atoms with Crippen LogP contribution < -0.4 is 4.74 Å². The number of hydrogen-bond donors (Lipinski definition) is 0. The van der Waals surface area contributed by atoms with Gasteiger partial charge in [0.25, 0.3) is 0 Å². The van der Waals surface area contributed by atoms with Crippen molar-refractivity contribution < 1.29 is 29.6 Å². The van der Waals surface area contributed by atoms with E-state index in [1.54, 1.807) is 0 Å². The number of para-hydroxylation sites is 2. The van der Waals surface area contributed by atoms with E-state index in [4.69, 9.17) is 14.1 Å². The predicted octanol–water partition coefficient (Wildman–Crippen LogP) is 9.42. The second-order valence-electron chi connectivity index (χ2n) is 10.9. The number of fused-ring (bicyclic) bond motifs is 12. The van der Waals surface area contributed by atoms with Gasteiger partial charge in [-0.05, 0) is 41.8 Å². The minimum atomic E-state index is 0. The maximum atomic E-state index is 6.41. The van der Waals surface area contributed by atoms with Gasteiger partial charge in [-0.3, -0.25) is 4.98 Å². The van der Waals surface area contributed by atoms with Crippen LogP contribution in [-0.2, 0) is 20.4 Å². The van der Waals surface area contributed by atoms with Crippen molar-refractivity contribution in [2.24, 2.45) is 0 Å². The molecule has 0 aliphatic carbocycles. The van der Waals surface area contributed by atoms with E-state index < -0.39 is 0 Å². The first kappa shape index (κ1) is 26.0. The number of hydrogen-bond acceptors (Lipinski definition) is 4. The second kappa shape index (κ2) is 9.77. The Hall–Kier alpha value is -5.48. The van der Waals surface area contributed by atoms with Gasteiger partial charge in [0.05, 0.1) is 11.2 Å². The van der Waals surface area contributed by atoms with Crippen LogP contribution in [0.2, 0.25) is 0 Å². The first-order valence-corrected chi connectivity index (χ1v) is 14.4. The number of ether oxygens (including phenoxy) is 1. The van der Waals surface area contributed by atoms with Crippen LogP contribution in [0.3, 0.4) is 0 Å². The minimum absolute atomic E-state index is 0. The van der Waals surface area contributed by atoms with E-state index in [0.717, 1.165) is 76.9 Å². The van der Waals surface area contributed by atoms with Gasteiger partial charge in [0.2, 0.25) is 0 Å². The summed E-state index contributed by atoms with van der Waals surface area (Å²) in [6.45, 7) is 0. The maximum absolute atomic E-state index is 6.41. The molecule has 10 rings (SSSR count). The molecule has 0 unspecified atom stereocenters. The molecular weight excluding hydrogens is 651 g/mol. The Morgan fingerprint density at radius 1 is 0.578 bits per heavy atom. The number of benzene rings is 5. The van der Waals surface area contributed by atoms with Crippen molar-refractivity contribution in [2.45, 2.75) is 0 Å². The zero-order valence-electron chi connectivity index (χ0n) is 23.5. The molecule has 214 valence electrons. The van der Waals surface area contributed by atoms with Gasteiger partial charge in [-0.1, -0.05) is 58.9 Å². The zero-order chi connectivity index (χ0) is 28.8. The van der Waals surface area contributed by atoms with E-state index >= 15 is 0 Å². The van der Waals surface area contributed by atoms with E-state index in [0.29, 0.717) is 11.5 Å². The molecule has 0 atom stereocenters. The van der Waals surface area contributed by atoms with Crippen molar-refractivity contribution in [1.29, 1.82) is 0 Å². The number of pyridine rings is 2. The van der Waals surface area contributed by atoms with Gasteiger partial charge in [0.15, 0.2) is 0 Å². The molecule has 0 aliphatic rings. The van der Waals surface area contributed by atoms with E-state index in [2.05, 4.69) is 74.6 Å². The second-order valence-corrected chi connectivity index (χ2v) is 10.9. The summed E-state index contributed by atoms with van der Waals surface area (Å²) in [5.74, 6) is 1.18. The van der Waals surface area contributed by atoms with Crippen LogP contribution >= 0.6 is 0 Å². The average Bonchev–Trinajstić information content (AvgIpc) is 3.78. The SMILES string of the molecule is [Pd+2].[c-]1c(Oc2[c-]c3c(cc2)c2ccccc2n2ccnc32)cccc1-n1c2cc3c(cc2c2cccnc21)oc1ccccc13. The average molecular weight is 671 g/mol. The molecule has 0 saturated carbocycles. The van der Waals surface area contributed by atoms with Crippen molar-refractivity contribution in [3.8, 4) is 17.2 Å². The number of imidazole rings is 1. The van der Waals surface area contributed by atoms with Crippen molar-refractivity contribution >= 4 is 71.2 Å². The maximum Gasteiger partial charge on any atom is 2.00 e. The molecule has 45 heavy (non-hydrogen) atoms. The normalized spacial score (nSPS) is 11.8. The Morgan fingerprint density at radius 2 is 1.40 bits per heavy atom. The third-order valence-corrected chi connectivity index (χ3v) is 8.48. The van der Waals surface area contributed by atoms with Gasteiger partial charge in [0.1, 0.15) is 16.8 Å². The molecule has 0 aliphatic heterocycles. The first-order valence-electron chi connectivity index (χ1n) is 14.4. The molecule has 5 aromatic carbocycles. The summed E-state index contributed by atoms with van der Waals surface area (Å²) in [4.78, 5) is 9.42. The summed E-state index contributed by atoms with van der Waals surface area (Å²) in [6, 6.07) is 41.8. The third kappa shape index (κ3) is 3.78. The van der Waals surface area contributed by atoms with Gasteiger partial charge in [-0.2, -0.15) is 6.07 Å². The van der Waals surface area contributed by atoms with Crippen molar-refractivity contribution in [3.05, 3.63) is 134 Å². The summed E-state index contributed by atoms with van der Waals surface area (Å²) in [6.07, 6.45) is 5.62. The topological polar surface area (TPSA) is 57.5 Å². The number of aromatic nitrogens is 4. The van der Waals surface area contributed by atoms with Crippen LogP contribution in [0.25, 0.3) is 76.9 Å². The molecule has 0 bridgehead atoms. The molecular formula is C38H20N4O2Pd. The Morgan fingerprint density at radius 3 is 2.36 bits per heavy atom. The van der Waals surface area contributed by atoms with Crippen LogP contribution in [-0.4, -0.2) is 18.9 Å². The van der Waals surface area contributed by atoms with Crippen LogP contribution in [0.4, 0.5) is 0 Å². The molecule has 0 spiro atoms. The van der Waals surface area contributed by atoms with Gasteiger partial charge in [-0.25, -0.2) is 4.98 Å². The Kier molecular flexibility index (Phi) is 5.64. The van der Waals surface area contributed by atoms with E-state index in [1.165, 1.54) is 0 Å². The standard InChI is InChI=1S/C38H20N4O2.Pd/c1-3-12-33-27(9-1)26-15-14-25(20-32(26)37-40-17-18-41(33)37)43-24-8-5-7-23(19-24)42-34-21-31-28-10-2-4-13-35(28)44-36(31)22-30(34)29-11-6-16-39-38(29)42;/h1-18,21-22H;/q-2;+2. The quantitative estimate of drug-likeness (QED) is 0.107. The first-order chi connectivity index (χ1) is 21.8. The van der Waals surface area contributed by atoms with E-state index in [9.17, 15) is 0 Å². The molecule has 0 N–H and O–H groups in total. The summed E-state index contributed by atoms with van der Waals surface area (Å²) in [5.41, 5.74) is 6.38. The summed E-state index contributed by atoms with van der Waals surface area (Å²) < 4.78 is 16.9. The van der Waals surface area contributed by atoms with Gasteiger partial charge < -0.3 is 18.1 Å². The fraction of sp³-hybridized carbons (Fsp3) is 0. The van der Waals surface area contributed by atoms with E-state index in [1.807, 2.05) is 73.2 Å². The fourth-order valence-corrected chi connectivity index (χ4v) is 6.58. The Labute approximate surface area is 269 Å². The smallest absolute Gasteiger partial charge is 0.503 e. The van der Waals surface area contributed by atoms with Crippen molar-refractivity contribution in [2.75, 3.05) is 0 Å². The monoisotopic (exact) mass is 670 g/mol. The third-order valence-electron chi connectivity index (χ3n) is 8.48. The van der Waals surface area contributed by atoms with Crippen LogP contribution in [0.1, 0.15) is 0 Å². The van der Waals surface area contributed by atoms with Crippen LogP contribution in [0.5, 0.6) is 11.5 Å². The summed E-state index contributed by atoms with van der Waals surface area (Å²) >= 11 is 0. The molecule has 5 aromatic heterocycles. The molecule has 0 fully saturated rings. The number of rotatable bonds is 3. The molecule has 5 heterocycles. The van der Waals surface area contributed by atoms with E-state index in [-0.39, 0.29) is 20.4 Å². The van der Waals surface area contributed by atoms with Crippen molar-refractivity contribution in [1.82, 2.24) is 18.9 Å². The molecule has 6 nitrogen and oxygen atoms in total. The molecule has 0 amide bonds. The predicted molar refractivity (Wildman–Crippen MR) is 174 cm³/mol. The number of furan rings is 1. The minimum Gasteiger partial charge on any atom is -0.503 e. The number of nitrogens with zero attached hydrogens (tertiary/aromatic N) is 4. The molecule has 0 radical (unpaired) electrons. The molecule has 7 heteroatoms. The summed E-state index contributed by atoms with van der Waals surface area (Å²) in [5, 5.41) is 7.39. The largest absolute Gasteiger partial charge is 2.00 e. The zero-order valence-corrected chi connectivity index (χ0v) is 25.0. The van der Waals surface area contributed by atoms with Gasteiger partial charge in [0, 0.05) is 57.2 Å². The Balaban J connectivity index is 0.00000281. The Bertz CT molecular complexity index is 2770. The van der Waals surface area contributed by atoms with Crippen LogP contribution in [0, 0.1) is 12.1 Å². The van der Waals surface area contributed by atoms with Crippen molar-refractivity contribution in [3.63, 3.8) is 0 Å². The molecule has 10 aromatic rings. The van der Waals surface area contributed by atoms with Gasteiger partial charge >= 0.3 is 20.4 Å². The fourth-order valence-electron chi connectivity index (χ4n) is 6.58. The summed E-state index contributed by atoms with van der Waals surface area (Å²) in [7, 11) is 0. The molecule has 0 saturated heterocycles.